The number of fused-ring (bicyclic) bond motifs is 2. The number of nitrogens with zero attached hydrogens (tertiary/aromatic N) is 2. The summed E-state index contributed by atoms with van der Waals surface area (Å²) in [7, 11) is 1.67. The first-order chi connectivity index (χ1) is 19.8. The molecule has 1 aromatic heterocycles. The van der Waals surface area contributed by atoms with E-state index in [1.54, 1.807) is 37.4 Å². The average molecular weight is 576 g/mol. The van der Waals surface area contributed by atoms with Gasteiger partial charge in [-0.1, -0.05) is 48.0 Å². The Labute approximate surface area is 242 Å². The van der Waals surface area contributed by atoms with Gasteiger partial charge in [0.25, 0.3) is 0 Å². The molecule has 0 saturated carbocycles. The second kappa shape index (κ2) is 12.1. The van der Waals surface area contributed by atoms with Crippen molar-refractivity contribution in [2.75, 3.05) is 18.7 Å². The highest BCUT2D eigenvalue weighted by atomic mass is 35.5. The molecule has 0 saturated heterocycles. The Morgan fingerprint density at radius 2 is 1.85 bits per heavy atom. The molecule has 10 heteroatoms. The lowest BCUT2D eigenvalue weighted by molar-refractivity contribution is -0.129. The summed E-state index contributed by atoms with van der Waals surface area (Å²) in [5.41, 5.74) is 3.60. The molecule has 1 unspecified atom stereocenters. The summed E-state index contributed by atoms with van der Waals surface area (Å²) in [6, 6.07) is 19.4. The van der Waals surface area contributed by atoms with Gasteiger partial charge in [0.05, 0.1) is 23.1 Å². The quantitative estimate of drug-likeness (QED) is 0.159. The molecule has 212 valence electrons. The molecule has 41 heavy (non-hydrogen) atoms. The molecule has 0 radical (unpaired) electrons. The topological polar surface area (TPSA) is 110 Å². The fourth-order valence-electron chi connectivity index (χ4n) is 5.21. The number of likely N-dealkylation sites (N-methyl/N-ethyl adjacent to an activating group) is 1. The number of ketones is 1. The molecule has 0 aliphatic carbocycles. The van der Waals surface area contributed by atoms with E-state index in [0.29, 0.717) is 57.1 Å². The zero-order valence-electron chi connectivity index (χ0n) is 22.7. The number of carbonyl (C=O) groups is 3. The number of hydrogen-bond donors (Lipinski definition) is 2. The summed E-state index contributed by atoms with van der Waals surface area (Å²) in [6.45, 7) is 2.02. The van der Waals surface area contributed by atoms with Crippen molar-refractivity contribution in [2.24, 2.45) is 0 Å². The van der Waals surface area contributed by atoms with Crippen LogP contribution in [0.1, 0.15) is 16.8 Å². The standard InChI is InChI=1S/C31H30ClN3O6/c1-19-23(15-22(37)17-36)30-24(32)9-6-10-26(30)35(19)16-29(38)33-25(13-20-7-4-3-5-8-20)31(39)34(2)21-11-12-27-28(14-21)41-18-40-27/h3-12,14,17,25,29,33,38H,13,15-16,18H2,1-2H3/t25-,29?/m0/s1. The first-order valence-electron chi connectivity index (χ1n) is 13.2. The summed E-state index contributed by atoms with van der Waals surface area (Å²) >= 11 is 6.50. The van der Waals surface area contributed by atoms with Crippen LogP contribution in [0, 0.1) is 6.92 Å². The Morgan fingerprint density at radius 3 is 2.61 bits per heavy atom. The number of hydrogen-bond acceptors (Lipinski definition) is 7. The number of halogens is 1. The first-order valence-corrected chi connectivity index (χ1v) is 13.5. The average Bonchev–Trinajstić information content (AvgIpc) is 3.55. The third kappa shape index (κ3) is 5.97. The van der Waals surface area contributed by atoms with Gasteiger partial charge in [-0.15, -0.1) is 0 Å². The van der Waals surface area contributed by atoms with Gasteiger partial charge in [-0.3, -0.25) is 19.7 Å². The van der Waals surface area contributed by atoms with Gasteiger partial charge in [0.1, 0.15) is 6.23 Å². The number of rotatable bonds is 11. The number of benzene rings is 3. The van der Waals surface area contributed by atoms with E-state index in [0.717, 1.165) is 5.56 Å². The minimum Gasteiger partial charge on any atom is -0.454 e. The number of aldehydes is 1. The van der Waals surface area contributed by atoms with Crippen LogP contribution >= 0.6 is 11.6 Å². The number of nitrogens with one attached hydrogen (secondary N) is 1. The maximum Gasteiger partial charge on any atom is 0.244 e. The second-order valence-electron chi connectivity index (χ2n) is 9.93. The fraction of sp³-hybridized carbons (Fsp3) is 0.258. The molecule has 0 fully saturated rings. The number of Topliss-reactive ketones (excluding diaryl/α,β-unsaturated/α-hetero) is 1. The number of amides is 1. The van der Waals surface area contributed by atoms with Crippen molar-refractivity contribution in [2.45, 2.75) is 38.6 Å². The van der Waals surface area contributed by atoms with Gasteiger partial charge < -0.3 is 24.0 Å². The van der Waals surface area contributed by atoms with Gasteiger partial charge >= 0.3 is 0 Å². The van der Waals surface area contributed by atoms with Crippen LogP contribution in [-0.4, -0.2) is 53.8 Å². The van der Waals surface area contributed by atoms with E-state index in [1.807, 2.05) is 47.9 Å². The normalized spacial score (nSPS) is 13.7. The molecular formula is C31H30ClN3O6. The van der Waals surface area contributed by atoms with E-state index in [1.165, 1.54) is 4.90 Å². The maximum atomic E-state index is 13.8. The Balaban J connectivity index is 1.42. The van der Waals surface area contributed by atoms with Gasteiger partial charge in [-0.25, -0.2) is 0 Å². The van der Waals surface area contributed by atoms with Crippen LogP contribution in [-0.2, 0) is 33.8 Å². The third-order valence-corrected chi connectivity index (χ3v) is 7.63. The Bertz CT molecular complexity index is 1600. The third-order valence-electron chi connectivity index (χ3n) is 7.31. The molecule has 2 atom stereocenters. The number of ether oxygens (including phenoxy) is 2. The molecule has 2 N–H and O–H groups in total. The summed E-state index contributed by atoms with van der Waals surface area (Å²) in [4.78, 5) is 38.4. The highest BCUT2D eigenvalue weighted by Crippen LogP contribution is 2.36. The van der Waals surface area contributed by atoms with Crippen molar-refractivity contribution in [3.8, 4) is 11.5 Å². The van der Waals surface area contributed by atoms with Gasteiger partial charge in [0.2, 0.25) is 12.7 Å². The molecule has 1 aliphatic rings. The monoisotopic (exact) mass is 575 g/mol. The van der Waals surface area contributed by atoms with Crippen molar-refractivity contribution in [3.05, 3.63) is 88.6 Å². The van der Waals surface area contributed by atoms with Gasteiger partial charge in [-0.05, 0) is 48.7 Å². The number of aliphatic hydroxyl groups excluding tert-OH is 1. The van der Waals surface area contributed by atoms with Crippen molar-refractivity contribution in [3.63, 3.8) is 0 Å². The van der Waals surface area contributed by atoms with Crippen molar-refractivity contribution < 1.29 is 29.0 Å². The van der Waals surface area contributed by atoms with E-state index in [9.17, 15) is 19.5 Å². The Hall–Kier alpha value is -4.18. The summed E-state index contributed by atoms with van der Waals surface area (Å²) < 4.78 is 12.7. The maximum absolute atomic E-state index is 13.8. The zero-order chi connectivity index (χ0) is 29.1. The Morgan fingerprint density at radius 1 is 1.10 bits per heavy atom. The van der Waals surface area contributed by atoms with Crippen LogP contribution in [0.2, 0.25) is 5.02 Å². The fourth-order valence-corrected chi connectivity index (χ4v) is 5.49. The van der Waals surface area contributed by atoms with Crippen LogP contribution < -0.4 is 19.7 Å². The molecule has 0 spiro atoms. The van der Waals surface area contributed by atoms with Crippen LogP contribution in [0.5, 0.6) is 11.5 Å². The van der Waals surface area contributed by atoms with E-state index < -0.39 is 18.1 Å². The number of carbonyl (C=O) groups excluding carboxylic acids is 3. The SMILES string of the molecule is Cc1c(CC(=O)C=O)c2c(Cl)cccc2n1CC(O)N[C@@H](Cc1ccccc1)C(=O)N(C)c1ccc2c(c1)OCO2. The van der Waals surface area contributed by atoms with E-state index in [-0.39, 0.29) is 25.7 Å². The van der Waals surface area contributed by atoms with Crippen molar-refractivity contribution in [1.82, 2.24) is 9.88 Å². The molecule has 9 nitrogen and oxygen atoms in total. The largest absolute Gasteiger partial charge is 0.454 e. The highest BCUT2D eigenvalue weighted by molar-refractivity contribution is 6.36. The van der Waals surface area contributed by atoms with Gasteiger partial charge in [0, 0.05) is 36.3 Å². The lowest BCUT2D eigenvalue weighted by Gasteiger charge is -2.27. The second-order valence-corrected chi connectivity index (χ2v) is 10.3. The minimum atomic E-state index is -1.14. The van der Waals surface area contributed by atoms with Gasteiger partial charge in [-0.2, -0.15) is 0 Å². The Kier molecular flexibility index (Phi) is 8.39. The van der Waals surface area contributed by atoms with Crippen molar-refractivity contribution >= 4 is 46.2 Å². The smallest absolute Gasteiger partial charge is 0.244 e. The molecule has 1 aliphatic heterocycles. The van der Waals surface area contributed by atoms with E-state index >= 15 is 0 Å². The van der Waals surface area contributed by atoms with Crippen LogP contribution in [0.25, 0.3) is 10.9 Å². The lowest BCUT2D eigenvalue weighted by Crippen LogP contribution is -2.51. The summed E-state index contributed by atoms with van der Waals surface area (Å²) in [5.74, 6) is 0.367. The number of aliphatic hydroxyl groups is 1. The molecule has 2 heterocycles. The molecule has 3 aromatic carbocycles. The van der Waals surface area contributed by atoms with E-state index in [2.05, 4.69) is 5.32 Å². The molecule has 5 rings (SSSR count). The van der Waals surface area contributed by atoms with E-state index in [4.69, 9.17) is 21.1 Å². The lowest BCUT2D eigenvalue weighted by atomic mass is 10.0. The van der Waals surface area contributed by atoms with Crippen LogP contribution in [0.4, 0.5) is 5.69 Å². The predicted molar refractivity (Wildman–Crippen MR) is 156 cm³/mol. The van der Waals surface area contributed by atoms with Crippen LogP contribution in [0.15, 0.2) is 66.7 Å². The predicted octanol–water partition coefficient (Wildman–Crippen LogP) is 3.82. The summed E-state index contributed by atoms with van der Waals surface area (Å²) in [6.07, 6.45) is -0.601. The minimum absolute atomic E-state index is 0.0737. The number of aromatic nitrogens is 1. The molecule has 0 bridgehead atoms. The van der Waals surface area contributed by atoms with Gasteiger partial charge in [0.15, 0.2) is 23.6 Å². The molecule has 1 amide bonds. The first kappa shape index (κ1) is 28.4. The van der Waals surface area contributed by atoms with Crippen LogP contribution in [0.3, 0.4) is 0 Å². The molecular weight excluding hydrogens is 546 g/mol. The summed E-state index contributed by atoms with van der Waals surface area (Å²) in [5, 5.41) is 15.5. The molecule has 4 aromatic rings. The highest BCUT2D eigenvalue weighted by Gasteiger charge is 2.28. The van der Waals surface area contributed by atoms with Crippen molar-refractivity contribution in [1.29, 1.82) is 0 Å². The zero-order valence-corrected chi connectivity index (χ0v) is 23.4. The number of anilines is 1.